The van der Waals surface area contributed by atoms with Crippen molar-refractivity contribution in [2.75, 3.05) is 24.2 Å². The third-order valence-electron chi connectivity index (χ3n) is 5.13. The molecule has 1 amide bonds. The highest BCUT2D eigenvalue weighted by Gasteiger charge is 2.27. The topological polar surface area (TPSA) is 83.3 Å². The van der Waals surface area contributed by atoms with E-state index in [4.69, 9.17) is 0 Å². The van der Waals surface area contributed by atoms with E-state index in [-0.39, 0.29) is 24.3 Å². The highest BCUT2D eigenvalue weighted by Crippen LogP contribution is 2.28. The third-order valence-corrected chi connectivity index (χ3v) is 5.13. The molecule has 1 aromatic carbocycles. The van der Waals surface area contributed by atoms with Crippen molar-refractivity contribution in [2.45, 2.75) is 38.4 Å². The summed E-state index contributed by atoms with van der Waals surface area (Å²) >= 11 is 0. The van der Waals surface area contributed by atoms with Crippen LogP contribution in [0.5, 0.6) is 0 Å². The second kappa shape index (κ2) is 8.09. The first-order valence-electron chi connectivity index (χ1n) is 10.0. The van der Waals surface area contributed by atoms with Crippen molar-refractivity contribution in [3.63, 3.8) is 0 Å². The smallest absolute Gasteiger partial charge is 0.372 e. The highest BCUT2D eigenvalue weighted by molar-refractivity contribution is 5.96. The van der Waals surface area contributed by atoms with Gasteiger partial charge >= 0.3 is 6.18 Å². The summed E-state index contributed by atoms with van der Waals surface area (Å²) in [6, 6.07) is 5.81. The number of amides is 1. The van der Waals surface area contributed by atoms with E-state index in [0.717, 1.165) is 29.7 Å². The fraction of sp³-hybridized carbons (Fsp3) is 0.381. The average Bonchev–Trinajstić information content (AvgIpc) is 3.41. The van der Waals surface area contributed by atoms with Gasteiger partial charge in [-0.05, 0) is 37.5 Å². The van der Waals surface area contributed by atoms with Gasteiger partial charge in [-0.15, -0.1) is 0 Å². The quantitative estimate of drug-likeness (QED) is 0.526. The van der Waals surface area contributed by atoms with Crippen LogP contribution in [0, 0.1) is 6.92 Å². The lowest BCUT2D eigenvalue weighted by Crippen LogP contribution is -2.26. The molecule has 0 radical (unpaired) electrons. The molecular formula is C21H23F3N6O. The summed E-state index contributed by atoms with van der Waals surface area (Å²) in [7, 11) is 1.68. The SMILES string of the molecule is CNc1cn2c(-c3ccc(C(=O)NC4CC4)c(C)c3)cnc2c(NCCC(F)(F)F)n1. The van der Waals surface area contributed by atoms with Gasteiger partial charge in [-0.3, -0.25) is 9.20 Å². The van der Waals surface area contributed by atoms with Crippen molar-refractivity contribution in [3.05, 3.63) is 41.7 Å². The van der Waals surface area contributed by atoms with E-state index in [0.29, 0.717) is 17.0 Å². The number of carbonyl (C=O) groups excluding carboxylic acids is 1. The van der Waals surface area contributed by atoms with E-state index in [2.05, 4.69) is 25.9 Å². The van der Waals surface area contributed by atoms with Crippen LogP contribution in [0.3, 0.4) is 0 Å². The number of anilines is 2. The van der Waals surface area contributed by atoms with Gasteiger partial charge in [0, 0.05) is 30.8 Å². The first kappa shape index (κ1) is 21.0. The normalized spacial score (nSPS) is 14.0. The number of nitrogens with one attached hydrogen (secondary N) is 3. The summed E-state index contributed by atoms with van der Waals surface area (Å²) in [4.78, 5) is 21.1. The molecule has 0 saturated heterocycles. The van der Waals surface area contributed by atoms with Crippen LogP contribution in [-0.2, 0) is 0 Å². The molecule has 10 heteroatoms. The van der Waals surface area contributed by atoms with E-state index in [1.54, 1.807) is 29.9 Å². The Balaban J connectivity index is 1.65. The van der Waals surface area contributed by atoms with Crippen LogP contribution in [0.1, 0.15) is 35.2 Å². The predicted octanol–water partition coefficient (Wildman–Crippen LogP) is 4.00. The lowest BCUT2D eigenvalue weighted by Gasteiger charge is -2.12. The van der Waals surface area contributed by atoms with Crippen LogP contribution in [-0.4, -0.2) is 46.1 Å². The van der Waals surface area contributed by atoms with E-state index in [1.165, 1.54) is 0 Å². The van der Waals surface area contributed by atoms with Crippen molar-refractivity contribution in [1.82, 2.24) is 19.7 Å². The van der Waals surface area contributed by atoms with Crippen LogP contribution < -0.4 is 16.0 Å². The predicted molar refractivity (Wildman–Crippen MR) is 112 cm³/mol. The molecule has 1 saturated carbocycles. The number of halogens is 3. The number of nitrogens with zero attached hydrogens (tertiary/aromatic N) is 3. The molecule has 0 atom stereocenters. The van der Waals surface area contributed by atoms with Gasteiger partial charge in [0.2, 0.25) is 0 Å². The summed E-state index contributed by atoms with van der Waals surface area (Å²) < 4.78 is 39.3. The van der Waals surface area contributed by atoms with Gasteiger partial charge in [0.05, 0.1) is 24.5 Å². The number of hydrogen-bond acceptors (Lipinski definition) is 5. The Bertz CT molecular complexity index is 1120. The van der Waals surface area contributed by atoms with Crippen molar-refractivity contribution in [2.24, 2.45) is 0 Å². The lowest BCUT2D eigenvalue weighted by atomic mass is 10.0. The molecule has 0 unspecified atom stereocenters. The minimum Gasteiger partial charge on any atom is -0.372 e. The second-order valence-corrected chi connectivity index (χ2v) is 7.63. The number of imidazole rings is 1. The number of alkyl halides is 3. The summed E-state index contributed by atoms with van der Waals surface area (Å²) in [6.07, 6.45) is 0.189. The summed E-state index contributed by atoms with van der Waals surface area (Å²) in [6.45, 7) is 1.57. The van der Waals surface area contributed by atoms with Crippen LogP contribution in [0.2, 0.25) is 0 Å². The summed E-state index contributed by atoms with van der Waals surface area (Å²) in [5.74, 6) is 0.667. The first-order valence-corrected chi connectivity index (χ1v) is 10.0. The van der Waals surface area contributed by atoms with Crippen molar-refractivity contribution in [3.8, 4) is 11.3 Å². The van der Waals surface area contributed by atoms with Gasteiger partial charge in [0.25, 0.3) is 5.91 Å². The number of benzene rings is 1. The number of fused-ring (bicyclic) bond motifs is 1. The van der Waals surface area contributed by atoms with Crippen molar-refractivity contribution in [1.29, 1.82) is 0 Å². The third kappa shape index (κ3) is 4.73. The van der Waals surface area contributed by atoms with Gasteiger partial charge in [-0.2, -0.15) is 13.2 Å². The van der Waals surface area contributed by atoms with Crippen LogP contribution >= 0.6 is 0 Å². The molecule has 3 aromatic rings. The fourth-order valence-corrected chi connectivity index (χ4v) is 3.33. The Labute approximate surface area is 177 Å². The van der Waals surface area contributed by atoms with Gasteiger partial charge < -0.3 is 16.0 Å². The molecule has 31 heavy (non-hydrogen) atoms. The van der Waals surface area contributed by atoms with Crippen LogP contribution in [0.15, 0.2) is 30.6 Å². The lowest BCUT2D eigenvalue weighted by molar-refractivity contribution is -0.131. The Kier molecular flexibility index (Phi) is 5.47. The van der Waals surface area contributed by atoms with Crippen molar-refractivity contribution >= 4 is 23.2 Å². The first-order chi connectivity index (χ1) is 14.7. The molecule has 1 fully saturated rings. The maximum absolute atomic E-state index is 12.5. The Hall–Kier alpha value is -3.30. The Morgan fingerprint density at radius 1 is 1.29 bits per heavy atom. The number of carbonyl (C=O) groups is 1. The van der Waals surface area contributed by atoms with Gasteiger partial charge in [-0.1, -0.05) is 6.07 Å². The van der Waals surface area contributed by atoms with Crippen LogP contribution in [0.25, 0.3) is 16.9 Å². The zero-order valence-electron chi connectivity index (χ0n) is 17.2. The molecule has 4 rings (SSSR count). The molecule has 2 aromatic heterocycles. The van der Waals surface area contributed by atoms with E-state index < -0.39 is 12.6 Å². The van der Waals surface area contributed by atoms with E-state index >= 15 is 0 Å². The molecule has 0 aliphatic heterocycles. The van der Waals surface area contributed by atoms with Crippen LogP contribution in [0.4, 0.5) is 24.8 Å². The minimum atomic E-state index is -4.25. The molecule has 7 nitrogen and oxygen atoms in total. The molecule has 1 aliphatic rings. The Morgan fingerprint density at radius 3 is 2.71 bits per heavy atom. The van der Waals surface area contributed by atoms with Crippen molar-refractivity contribution < 1.29 is 18.0 Å². The number of aromatic nitrogens is 3. The molecular weight excluding hydrogens is 409 g/mol. The van der Waals surface area contributed by atoms with Gasteiger partial charge in [0.1, 0.15) is 5.82 Å². The fourth-order valence-electron chi connectivity index (χ4n) is 3.33. The molecule has 1 aliphatic carbocycles. The number of aryl methyl sites for hydroxylation is 1. The zero-order valence-corrected chi connectivity index (χ0v) is 17.2. The largest absolute Gasteiger partial charge is 0.390 e. The maximum Gasteiger partial charge on any atom is 0.390 e. The highest BCUT2D eigenvalue weighted by atomic mass is 19.4. The number of hydrogen-bond donors (Lipinski definition) is 3. The summed E-state index contributed by atoms with van der Waals surface area (Å²) in [5.41, 5.74) is 3.45. The van der Waals surface area contributed by atoms with E-state index in [1.807, 2.05) is 19.1 Å². The molecule has 2 heterocycles. The van der Waals surface area contributed by atoms with Gasteiger partial charge in [0.15, 0.2) is 11.5 Å². The van der Waals surface area contributed by atoms with E-state index in [9.17, 15) is 18.0 Å². The summed E-state index contributed by atoms with van der Waals surface area (Å²) in [5, 5.41) is 8.64. The second-order valence-electron chi connectivity index (χ2n) is 7.63. The molecule has 3 N–H and O–H groups in total. The number of rotatable bonds is 7. The Morgan fingerprint density at radius 2 is 2.06 bits per heavy atom. The maximum atomic E-state index is 12.5. The zero-order chi connectivity index (χ0) is 22.2. The molecule has 0 spiro atoms. The molecule has 0 bridgehead atoms. The standard InChI is InChI=1S/C21H23F3N6O/c1-12-9-13(3-6-15(12)20(31)28-14-4-5-14)16-10-27-19-18(26-8-7-21(22,23)24)29-17(25-2)11-30(16)19/h3,6,9-11,14,25H,4-5,7-8H2,1-2H3,(H,26,29)(H,28,31). The average molecular weight is 432 g/mol. The van der Waals surface area contributed by atoms with Gasteiger partial charge in [-0.25, -0.2) is 9.97 Å². The monoisotopic (exact) mass is 432 g/mol. The minimum absolute atomic E-state index is 0.0810. The molecule has 164 valence electrons.